The summed E-state index contributed by atoms with van der Waals surface area (Å²) < 4.78 is 31.5. The highest BCUT2D eigenvalue weighted by atomic mass is 32.2. The predicted octanol–water partition coefficient (Wildman–Crippen LogP) is 3.73. The van der Waals surface area contributed by atoms with Gasteiger partial charge in [-0.3, -0.25) is 9.10 Å². The number of carbonyl (C=O) groups is 1. The lowest BCUT2D eigenvalue weighted by atomic mass is 10.0. The van der Waals surface area contributed by atoms with Crippen LogP contribution in [0.15, 0.2) is 42.5 Å². The highest BCUT2D eigenvalue weighted by Crippen LogP contribution is 2.27. The summed E-state index contributed by atoms with van der Waals surface area (Å²) in [6.07, 6.45) is 1.44. The molecular weight excluding hydrogens is 388 g/mol. The molecule has 0 radical (unpaired) electrons. The Morgan fingerprint density at radius 1 is 1.14 bits per heavy atom. The lowest BCUT2D eigenvalue weighted by Crippen LogP contribution is -2.49. The molecule has 2 aromatic rings. The highest BCUT2D eigenvalue weighted by Gasteiger charge is 2.32. The van der Waals surface area contributed by atoms with Crippen LogP contribution >= 0.6 is 0 Å². The standard InChI is InChI=1S/C22H30N2O4S/c1-7-21(22(25)23-17(4)18-12-11-15(2)16(3)13-18)24(29(6,26)27)19-9-8-10-20(14-19)28-5/h8-14,17,21H,7H2,1-6H3,(H,23,25)/t17-,21-/m1/s1. The van der Waals surface area contributed by atoms with Gasteiger partial charge in [0.15, 0.2) is 0 Å². The molecule has 0 spiro atoms. The fourth-order valence-electron chi connectivity index (χ4n) is 3.23. The van der Waals surface area contributed by atoms with E-state index in [1.165, 1.54) is 12.7 Å². The fraction of sp³-hybridized carbons (Fsp3) is 0.409. The quantitative estimate of drug-likeness (QED) is 0.709. The third-order valence-electron chi connectivity index (χ3n) is 5.03. The van der Waals surface area contributed by atoms with E-state index in [0.717, 1.165) is 21.7 Å². The van der Waals surface area contributed by atoms with Crippen molar-refractivity contribution in [3.63, 3.8) is 0 Å². The van der Waals surface area contributed by atoms with Gasteiger partial charge >= 0.3 is 0 Å². The summed E-state index contributed by atoms with van der Waals surface area (Å²) in [5, 5.41) is 2.97. The molecule has 1 amide bonds. The maximum absolute atomic E-state index is 13.1. The SMILES string of the molecule is CC[C@H](C(=O)N[C@H](C)c1ccc(C)c(C)c1)N(c1cccc(OC)c1)S(C)(=O)=O. The average molecular weight is 419 g/mol. The number of nitrogens with one attached hydrogen (secondary N) is 1. The minimum Gasteiger partial charge on any atom is -0.497 e. The molecule has 0 saturated heterocycles. The smallest absolute Gasteiger partial charge is 0.244 e. The van der Waals surface area contributed by atoms with Crippen LogP contribution < -0.4 is 14.4 Å². The van der Waals surface area contributed by atoms with Crippen LogP contribution in [0.1, 0.15) is 43.0 Å². The molecule has 0 aliphatic carbocycles. The monoisotopic (exact) mass is 418 g/mol. The third kappa shape index (κ3) is 5.50. The molecule has 0 aliphatic heterocycles. The van der Waals surface area contributed by atoms with Crippen molar-refractivity contribution in [2.75, 3.05) is 17.7 Å². The Bertz CT molecular complexity index is 973. The molecule has 2 aromatic carbocycles. The van der Waals surface area contributed by atoms with Crippen molar-refractivity contribution in [1.29, 1.82) is 0 Å². The molecule has 0 bridgehead atoms. The summed E-state index contributed by atoms with van der Waals surface area (Å²) in [6.45, 7) is 7.75. The Morgan fingerprint density at radius 2 is 1.83 bits per heavy atom. The molecule has 2 atom stereocenters. The highest BCUT2D eigenvalue weighted by molar-refractivity contribution is 7.92. The van der Waals surface area contributed by atoms with Gasteiger partial charge in [-0.1, -0.05) is 31.2 Å². The van der Waals surface area contributed by atoms with Crippen LogP contribution in [-0.4, -0.2) is 33.7 Å². The van der Waals surface area contributed by atoms with E-state index in [-0.39, 0.29) is 11.9 Å². The first kappa shape index (κ1) is 22.7. The molecule has 6 nitrogen and oxygen atoms in total. The number of amides is 1. The lowest BCUT2D eigenvalue weighted by Gasteiger charge is -2.31. The molecule has 0 unspecified atom stereocenters. The Kier molecular flexibility index (Phi) is 7.30. The summed E-state index contributed by atoms with van der Waals surface area (Å²) in [4.78, 5) is 13.1. The zero-order valence-corrected chi connectivity index (χ0v) is 18.7. The first-order valence-electron chi connectivity index (χ1n) is 9.59. The fourth-order valence-corrected chi connectivity index (χ4v) is 4.44. The van der Waals surface area contributed by atoms with Crippen LogP contribution in [0, 0.1) is 13.8 Å². The largest absolute Gasteiger partial charge is 0.497 e. The number of methoxy groups -OCH3 is 1. The first-order valence-corrected chi connectivity index (χ1v) is 11.4. The molecule has 29 heavy (non-hydrogen) atoms. The van der Waals surface area contributed by atoms with Gasteiger partial charge < -0.3 is 10.1 Å². The van der Waals surface area contributed by atoms with Crippen LogP contribution in [-0.2, 0) is 14.8 Å². The second kappa shape index (κ2) is 9.31. The second-order valence-electron chi connectivity index (χ2n) is 7.26. The van der Waals surface area contributed by atoms with Gasteiger partial charge in [0.1, 0.15) is 11.8 Å². The average Bonchev–Trinajstić information content (AvgIpc) is 2.66. The van der Waals surface area contributed by atoms with Gasteiger partial charge in [0.05, 0.1) is 25.1 Å². The molecular formula is C22H30N2O4S. The van der Waals surface area contributed by atoms with E-state index >= 15 is 0 Å². The molecule has 0 heterocycles. The molecule has 2 rings (SSSR count). The van der Waals surface area contributed by atoms with E-state index in [9.17, 15) is 13.2 Å². The van der Waals surface area contributed by atoms with Gasteiger partial charge in [0.25, 0.3) is 0 Å². The van der Waals surface area contributed by atoms with Crippen LogP contribution in [0.3, 0.4) is 0 Å². The van der Waals surface area contributed by atoms with E-state index < -0.39 is 16.1 Å². The van der Waals surface area contributed by atoms with Gasteiger partial charge in [0.2, 0.25) is 15.9 Å². The Morgan fingerprint density at radius 3 is 2.38 bits per heavy atom. The van der Waals surface area contributed by atoms with Crippen molar-refractivity contribution in [2.45, 2.75) is 46.2 Å². The van der Waals surface area contributed by atoms with Crippen LogP contribution in [0.25, 0.3) is 0 Å². The molecule has 0 aromatic heterocycles. The number of aryl methyl sites for hydroxylation is 2. The number of carbonyl (C=O) groups excluding carboxylic acids is 1. The Labute approximate surface area is 173 Å². The predicted molar refractivity (Wildman–Crippen MR) is 117 cm³/mol. The normalized spacial score (nSPS) is 13.4. The first-order chi connectivity index (χ1) is 13.6. The molecule has 0 fully saturated rings. The number of ether oxygens (including phenoxy) is 1. The summed E-state index contributed by atoms with van der Waals surface area (Å²) in [5.74, 6) is 0.182. The number of nitrogens with zero attached hydrogens (tertiary/aromatic N) is 1. The van der Waals surface area contributed by atoms with Crippen molar-refractivity contribution >= 4 is 21.6 Å². The molecule has 7 heteroatoms. The van der Waals surface area contributed by atoms with E-state index in [4.69, 9.17) is 4.74 Å². The summed E-state index contributed by atoms with van der Waals surface area (Å²) in [6, 6.07) is 11.6. The van der Waals surface area contributed by atoms with Crippen LogP contribution in [0.5, 0.6) is 5.75 Å². The zero-order valence-electron chi connectivity index (χ0n) is 17.9. The summed E-state index contributed by atoms with van der Waals surface area (Å²) >= 11 is 0. The van der Waals surface area contributed by atoms with Crippen molar-refractivity contribution < 1.29 is 17.9 Å². The molecule has 158 valence electrons. The molecule has 1 N–H and O–H groups in total. The van der Waals surface area contributed by atoms with Gasteiger partial charge in [0, 0.05) is 6.07 Å². The van der Waals surface area contributed by atoms with E-state index in [2.05, 4.69) is 5.32 Å². The lowest BCUT2D eigenvalue weighted by molar-refractivity contribution is -0.122. The van der Waals surface area contributed by atoms with Gasteiger partial charge in [-0.2, -0.15) is 0 Å². The third-order valence-corrected chi connectivity index (χ3v) is 6.21. The number of hydrogen-bond donors (Lipinski definition) is 1. The minimum absolute atomic E-state index is 0.248. The number of sulfonamides is 1. The van der Waals surface area contributed by atoms with E-state index in [1.807, 2.05) is 39.0 Å². The summed E-state index contributed by atoms with van der Waals surface area (Å²) in [7, 11) is -2.18. The minimum atomic E-state index is -3.70. The van der Waals surface area contributed by atoms with Crippen LogP contribution in [0.4, 0.5) is 5.69 Å². The second-order valence-corrected chi connectivity index (χ2v) is 9.12. The topological polar surface area (TPSA) is 75.7 Å². The van der Waals surface area contributed by atoms with Crippen molar-refractivity contribution in [2.24, 2.45) is 0 Å². The Hall–Kier alpha value is -2.54. The van der Waals surface area contributed by atoms with Crippen LogP contribution in [0.2, 0.25) is 0 Å². The van der Waals surface area contributed by atoms with E-state index in [1.54, 1.807) is 31.2 Å². The van der Waals surface area contributed by atoms with Crippen molar-refractivity contribution in [1.82, 2.24) is 5.32 Å². The zero-order chi connectivity index (χ0) is 21.8. The summed E-state index contributed by atoms with van der Waals surface area (Å²) in [5.41, 5.74) is 3.70. The molecule has 0 saturated carbocycles. The van der Waals surface area contributed by atoms with Gasteiger partial charge in [-0.05, 0) is 56.0 Å². The number of rotatable bonds is 8. The van der Waals surface area contributed by atoms with Crippen molar-refractivity contribution in [3.05, 3.63) is 59.2 Å². The van der Waals surface area contributed by atoms with Crippen molar-refractivity contribution in [3.8, 4) is 5.75 Å². The molecule has 0 aliphatic rings. The number of benzene rings is 2. The van der Waals surface area contributed by atoms with Gasteiger partial charge in [-0.15, -0.1) is 0 Å². The number of hydrogen-bond acceptors (Lipinski definition) is 4. The Balaban J connectivity index is 2.33. The maximum atomic E-state index is 13.1. The van der Waals surface area contributed by atoms with Gasteiger partial charge in [-0.25, -0.2) is 8.42 Å². The maximum Gasteiger partial charge on any atom is 0.244 e. The number of anilines is 1. The van der Waals surface area contributed by atoms with E-state index in [0.29, 0.717) is 17.9 Å².